The van der Waals surface area contributed by atoms with Crippen molar-refractivity contribution in [3.05, 3.63) is 47.1 Å². The summed E-state index contributed by atoms with van der Waals surface area (Å²) in [4.78, 5) is 1.68. The number of aliphatic hydroxyl groups is 1. The molecule has 1 aromatic heterocycles. The molecule has 0 bridgehead atoms. The van der Waals surface area contributed by atoms with Gasteiger partial charge in [0.15, 0.2) is 0 Å². The van der Waals surface area contributed by atoms with Gasteiger partial charge in [-0.1, -0.05) is 18.2 Å². The molecule has 0 aliphatic rings. The Balaban J connectivity index is 2.44. The third-order valence-electron chi connectivity index (χ3n) is 2.35. The summed E-state index contributed by atoms with van der Waals surface area (Å²) in [5.41, 5.74) is -0.281. The second kappa shape index (κ2) is 4.00. The smallest absolute Gasteiger partial charge is 0.131 e. The zero-order valence-corrected chi connectivity index (χ0v) is 10.0. The van der Waals surface area contributed by atoms with Crippen LogP contribution in [0.25, 0.3) is 10.4 Å². The van der Waals surface area contributed by atoms with Gasteiger partial charge < -0.3 is 5.11 Å². The van der Waals surface area contributed by atoms with Gasteiger partial charge in [0.2, 0.25) is 0 Å². The van der Waals surface area contributed by atoms with Crippen molar-refractivity contribution in [2.45, 2.75) is 19.4 Å². The number of hydrogen-bond donors (Lipinski definition) is 1. The fraction of sp³-hybridized carbons (Fsp3) is 0.231. The van der Waals surface area contributed by atoms with Gasteiger partial charge >= 0.3 is 0 Å². The zero-order chi connectivity index (χ0) is 11.8. The Morgan fingerprint density at radius 3 is 2.38 bits per heavy atom. The van der Waals surface area contributed by atoms with Crippen molar-refractivity contribution < 1.29 is 9.50 Å². The first-order chi connectivity index (χ1) is 7.48. The molecule has 0 fully saturated rings. The van der Waals surface area contributed by atoms with Gasteiger partial charge in [-0.15, -0.1) is 11.3 Å². The summed E-state index contributed by atoms with van der Waals surface area (Å²) >= 11 is 1.42. The molecule has 0 spiro atoms. The lowest BCUT2D eigenvalue weighted by molar-refractivity contribution is 0.0825. The van der Waals surface area contributed by atoms with Gasteiger partial charge in [0.05, 0.1) is 5.60 Å². The molecule has 84 valence electrons. The maximum atomic E-state index is 13.5. The summed E-state index contributed by atoms with van der Waals surface area (Å²) in [6, 6.07) is 10.3. The Hall–Kier alpha value is -1.19. The molecule has 0 amide bonds. The van der Waals surface area contributed by atoms with E-state index >= 15 is 0 Å². The molecular weight excluding hydrogens is 223 g/mol. The average molecular weight is 236 g/mol. The van der Waals surface area contributed by atoms with E-state index < -0.39 is 5.60 Å². The van der Waals surface area contributed by atoms with E-state index in [4.69, 9.17) is 0 Å². The number of hydrogen-bond acceptors (Lipinski definition) is 2. The van der Waals surface area contributed by atoms with Gasteiger partial charge in [-0.3, -0.25) is 0 Å². The standard InChI is InChI=1S/C13H13FOS/c1-13(2,15)12-8-7-11(16-12)9-5-3-4-6-10(9)14/h3-8,15H,1-2H3. The minimum atomic E-state index is -0.867. The Labute approximate surface area is 98.2 Å². The topological polar surface area (TPSA) is 20.2 Å². The second-order valence-electron chi connectivity index (χ2n) is 4.20. The van der Waals surface area contributed by atoms with Crippen molar-refractivity contribution in [1.29, 1.82) is 0 Å². The van der Waals surface area contributed by atoms with Crippen LogP contribution in [-0.4, -0.2) is 5.11 Å². The summed E-state index contributed by atoms with van der Waals surface area (Å²) in [5, 5.41) is 9.84. The van der Waals surface area contributed by atoms with Gasteiger partial charge in [-0.25, -0.2) is 4.39 Å². The quantitative estimate of drug-likeness (QED) is 0.841. The van der Waals surface area contributed by atoms with Crippen molar-refractivity contribution in [1.82, 2.24) is 0 Å². The predicted molar refractivity (Wildman–Crippen MR) is 65.0 cm³/mol. The van der Waals surface area contributed by atoms with Crippen molar-refractivity contribution in [3.63, 3.8) is 0 Å². The van der Waals surface area contributed by atoms with E-state index in [1.54, 1.807) is 26.0 Å². The van der Waals surface area contributed by atoms with Crippen LogP contribution in [0.2, 0.25) is 0 Å². The molecule has 16 heavy (non-hydrogen) atoms. The van der Waals surface area contributed by atoms with Gasteiger partial charge in [-0.2, -0.15) is 0 Å². The van der Waals surface area contributed by atoms with Crippen LogP contribution in [0.15, 0.2) is 36.4 Å². The van der Waals surface area contributed by atoms with Crippen LogP contribution in [0.4, 0.5) is 4.39 Å². The maximum absolute atomic E-state index is 13.5. The SMILES string of the molecule is CC(C)(O)c1ccc(-c2ccccc2F)s1. The molecule has 0 unspecified atom stereocenters. The lowest BCUT2D eigenvalue weighted by Crippen LogP contribution is -2.12. The molecule has 0 saturated carbocycles. The first-order valence-corrected chi connectivity index (χ1v) is 5.88. The number of halogens is 1. The van der Waals surface area contributed by atoms with E-state index in [0.717, 1.165) is 9.75 Å². The van der Waals surface area contributed by atoms with Gasteiger partial charge in [0.1, 0.15) is 5.82 Å². The normalized spacial score (nSPS) is 11.8. The molecule has 2 rings (SSSR count). The highest BCUT2D eigenvalue weighted by molar-refractivity contribution is 7.15. The van der Waals surface area contributed by atoms with Crippen LogP contribution in [0, 0.1) is 5.82 Å². The lowest BCUT2D eigenvalue weighted by atomic mass is 10.1. The van der Waals surface area contributed by atoms with E-state index in [1.165, 1.54) is 17.4 Å². The Morgan fingerprint density at radius 1 is 1.12 bits per heavy atom. The van der Waals surface area contributed by atoms with Crippen LogP contribution in [0.1, 0.15) is 18.7 Å². The molecule has 3 heteroatoms. The highest BCUT2D eigenvalue weighted by atomic mass is 32.1. The first-order valence-electron chi connectivity index (χ1n) is 5.06. The monoisotopic (exact) mass is 236 g/mol. The van der Waals surface area contributed by atoms with Crippen LogP contribution in [0.5, 0.6) is 0 Å². The van der Waals surface area contributed by atoms with E-state index in [2.05, 4.69) is 0 Å². The van der Waals surface area contributed by atoms with Crippen LogP contribution in [0.3, 0.4) is 0 Å². The van der Waals surface area contributed by atoms with Crippen molar-refractivity contribution in [2.24, 2.45) is 0 Å². The Kier molecular flexibility index (Phi) is 2.82. The molecule has 0 atom stereocenters. The average Bonchev–Trinajstić information content (AvgIpc) is 2.66. The minimum Gasteiger partial charge on any atom is -0.385 e. The highest BCUT2D eigenvalue weighted by Gasteiger charge is 2.19. The largest absolute Gasteiger partial charge is 0.385 e. The first kappa shape index (κ1) is 11.3. The molecule has 1 heterocycles. The molecule has 1 N–H and O–H groups in total. The molecular formula is C13H13FOS. The molecule has 2 aromatic rings. The molecule has 0 aliphatic heterocycles. The van der Waals surface area contributed by atoms with E-state index in [0.29, 0.717) is 5.56 Å². The van der Waals surface area contributed by atoms with Gasteiger partial charge in [-0.05, 0) is 32.0 Å². The van der Waals surface area contributed by atoms with Crippen molar-refractivity contribution >= 4 is 11.3 Å². The summed E-state index contributed by atoms with van der Waals surface area (Å²) in [5.74, 6) is -0.230. The molecule has 1 aromatic carbocycles. The summed E-state index contributed by atoms with van der Waals surface area (Å²) in [7, 11) is 0. The third kappa shape index (κ3) is 2.15. The lowest BCUT2D eigenvalue weighted by Gasteiger charge is -2.14. The summed E-state index contributed by atoms with van der Waals surface area (Å²) < 4.78 is 13.5. The summed E-state index contributed by atoms with van der Waals surface area (Å²) in [6.45, 7) is 3.45. The van der Waals surface area contributed by atoms with E-state index in [-0.39, 0.29) is 5.82 Å². The van der Waals surface area contributed by atoms with Crippen LogP contribution in [-0.2, 0) is 5.60 Å². The molecule has 0 radical (unpaired) electrons. The predicted octanol–water partition coefficient (Wildman–Crippen LogP) is 3.78. The Morgan fingerprint density at radius 2 is 1.81 bits per heavy atom. The second-order valence-corrected chi connectivity index (χ2v) is 5.29. The van der Waals surface area contributed by atoms with E-state index in [9.17, 15) is 9.50 Å². The molecule has 0 aliphatic carbocycles. The van der Waals surface area contributed by atoms with Gasteiger partial charge in [0, 0.05) is 15.3 Å². The fourth-order valence-electron chi connectivity index (χ4n) is 1.47. The van der Waals surface area contributed by atoms with Crippen molar-refractivity contribution in [3.8, 4) is 10.4 Å². The molecule has 1 nitrogen and oxygen atoms in total. The van der Waals surface area contributed by atoms with Crippen LogP contribution < -0.4 is 0 Å². The third-order valence-corrected chi connectivity index (χ3v) is 3.78. The van der Waals surface area contributed by atoms with Crippen molar-refractivity contribution in [2.75, 3.05) is 0 Å². The number of benzene rings is 1. The molecule has 0 saturated heterocycles. The number of rotatable bonds is 2. The Bertz CT molecular complexity index is 497. The van der Waals surface area contributed by atoms with E-state index in [1.807, 2.05) is 18.2 Å². The maximum Gasteiger partial charge on any atom is 0.131 e. The van der Waals surface area contributed by atoms with Crippen LogP contribution >= 0.6 is 11.3 Å². The highest BCUT2D eigenvalue weighted by Crippen LogP contribution is 2.34. The number of thiophene rings is 1. The fourth-order valence-corrected chi connectivity index (χ4v) is 2.51. The zero-order valence-electron chi connectivity index (χ0n) is 9.20. The van der Waals surface area contributed by atoms with Gasteiger partial charge in [0.25, 0.3) is 0 Å². The minimum absolute atomic E-state index is 0.230. The summed E-state index contributed by atoms with van der Waals surface area (Å²) in [6.07, 6.45) is 0.